The molecule has 1 amide bonds. The Balaban J connectivity index is 1.68. The van der Waals surface area contributed by atoms with Crippen molar-refractivity contribution in [1.82, 2.24) is 9.88 Å². The first-order chi connectivity index (χ1) is 27.8. The number of oxime groups is 1. The van der Waals surface area contributed by atoms with Crippen LogP contribution in [0.3, 0.4) is 0 Å². The highest BCUT2D eigenvalue weighted by molar-refractivity contribution is 6.00. The average Bonchev–Trinajstić information content (AvgIpc) is 3.20. The summed E-state index contributed by atoms with van der Waals surface area (Å²) in [6.07, 6.45) is -3.40. The van der Waals surface area contributed by atoms with E-state index in [0.717, 1.165) is 10.8 Å². The van der Waals surface area contributed by atoms with Gasteiger partial charge in [-0.15, -0.1) is 0 Å². The zero-order valence-corrected chi connectivity index (χ0v) is 36.4. The summed E-state index contributed by atoms with van der Waals surface area (Å²) in [5.41, 5.74) is -1.87. The third kappa shape index (κ3) is 10.4. The number of rotatable bonds is 7. The molecular formula is C44H64N4O11. The molecule has 1 aromatic heterocycles. The fourth-order valence-corrected chi connectivity index (χ4v) is 9.09. The molecule has 3 aliphatic rings. The van der Waals surface area contributed by atoms with Gasteiger partial charge < -0.3 is 43.6 Å². The highest BCUT2D eigenvalue weighted by atomic mass is 16.7. The molecule has 2 aromatic rings. The van der Waals surface area contributed by atoms with Crippen LogP contribution in [0.25, 0.3) is 10.8 Å². The van der Waals surface area contributed by atoms with Crippen LogP contribution < -0.4 is 0 Å². The number of hydrogen-bond donors (Lipinski definition) is 2. The molecule has 3 fully saturated rings. The van der Waals surface area contributed by atoms with Crippen LogP contribution in [0.1, 0.15) is 87.3 Å². The Morgan fingerprint density at radius 2 is 1.76 bits per heavy atom. The van der Waals surface area contributed by atoms with Crippen molar-refractivity contribution < 1.29 is 53.1 Å². The van der Waals surface area contributed by atoms with Crippen LogP contribution >= 0.6 is 0 Å². The van der Waals surface area contributed by atoms with E-state index in [2.05, 4.69) is 15.1 Å². The molecule has 5 rings (SSSR count). The van der Waals surface area contributed by atoms with Gasteiger partial charge in [-0.1, -0.05) is 57.1 Å². The number of aliphatic hydroxyl groups is 2. The Hall–Kier alpha value is -3.70. The molecule has 0 aliphatic carbocycles. The van der Waals surface area contributed by atoms with Crippen LogP contribution in [0.5, 0.6) is 0 Å². The number of ether oxygens (including phenoxy) is 5. The van der Waals surface area contributed by atoms with E-state index in [1.54, 1.807) is 27.0 Å². The monoisotopic (exact) mass is 824 g/mol. The Kier molecular flexibility index (Phi) is 15.2. The van der Waals surface area contributed by atoms with Crippen molar-refractivity contribution in [1.29, 1.82) is 0 Å². The number of fused-ring (bicyclic) bond motifs is 6. The first kappa shape index (κ1) is 46.4. The minimum absolute atomic E-state index is 0.0251. The van der Waals surface area contributed by atoms with Crippen LogP contribution in [0.2, 0.25) is 0 Å². The molecule has 13 atom stereocenters. The van der Waals surface area contributed by atoms with Crippen LogP contribution in [0, 0.1) is 23.7 Å². The summed E-state index contributed by atoms with van der Waals surface area (Å²) in [4.78, 5) is 58.1. The number of amides is 1. The molecule has 4 heterocycles. The number of carbonyl (C=O) groups excluding carboxylic acids is 3. The third-order valence-corrected chi connectivity index (χ3v) is 12.3. The van der Waals surface area contributed by atoms with Gasteiger partial charge in [-0.25, -0.2) is 4.99 Å². The van der Waals surface area contributed by atoms with Gasteiger partial charge in [-0.3, -0.25) is 19.4 Å². The second-order valence-electron chi connectivity index (χ2n) is 17.3. The predicted octanol–water partition coefficient (Wildman–Crippen LogP) is 4.67. The molecule has 0 spiro atoms. The lowest BCUT2D eigenvalue weighted by molar-refractivity contribution is -0.296. The molecular weight excluding hydrogens is 761 g/mol. The average molecular weight is 825 g/mol. The molecule has 3 aliphatic heterocycles. The fourth-order valence-electron chi connectivity index (χ4n) is 9.09. The predicted molar refractivity (Wildman–Crippen MR) is 221 cm³/mol. The molecule has 2 N–H and O–H groups in total. The summed E-state index contributed by atoms with van der Waals surface area (Å²) in [5.74, 6) is -5.31. The van der Waals surface area contributed by atoms with Crippen molar-refractivity contribution in [2.45, 2.75) is 142 Å². The molecule has 59 heavy (non-hydrogen) atoms. The van der Waals surface area contributed by atoms with Crippen LogP contribution in [0.15, 0.2) is 46.7 Å². The summed E-state index contributed by atoms with van der Waals surface area (Å²) in [6, 6.07) is 9.40. The Bertz CT molecular complexity index is 1860. The molecule has 0 unspecified atom stereocenters. The van der Waals surface area contributed by atoms with Gasteiger partial charge in [0.25, 0.3) is 0 Å². The summed E-state index contributed by atoms with van der Waals surface area (Å²) >= 11 is 0. The Morgan fingerprint density at radius 3 is 2.44 bits per heavy atom. The number of esters is 1. The minimum atomic E-state index is -1.85. The number of aliphatic imine (C=N–C) groups is 1. The van der Waals surface area contributed by atoms with Gasteiger partial charge in [0.1, 0.15) is 29.4 Å². The highest BCUT2D eigenvalue weighted by Crippen LogP contribution is 2.40. The number of aromatic nitrogens is 1. The highest BCUT2D eigenvalue weighted by Gasteiger charge is 2.53. The normalized spacial score (nSPS) is 38.1. The van der Waals surface area contributed by atoms with E-state index in [1.807, 2.05) is 70.1 Å². The number of pyridine rings is 1. The summed E-state index contributed by atoms with van der Waals surface area (Å²) in [7, 11) is 3.74. The van der Waals surface area contributed by atoms with Crippen molar-refractivity contribution >= 4 is 39.9 Å². The first-order valence-corrected chi connectivity index (χ1v) is 20.8. The molecule has 15 nitrogen and oxygen atoms in total. The molecule has 2 bridgehead atoms. The van der Waals surface area contributed by atoms with E-state index in [4.69, 9.17) is 28.5 Å². The molecule has 0 saturated carbocycles. The number of nitrogens with zero attached hydrogens (tertiary/aromatic N) is 4. The van der Waals surface area contributed by atoms with Crippen LogP contribution in [-0.2, 0) is 49.5 Å². The second kappa shape index (κ2) is 19.3. The lowest BCUT2D eigenvalue weighted by atomic mass is 9.73. The Morgan fingerprint density at radius 1 is 1.05 bits per heavy atom. The number of hydrogen-bond acceptors (Lipinski definition) is 14. The number of likely N-dealkylation sites (N-methyl/N-ethyl adjacent to an activating group) is 1. The lowest BCUT2D eigenvalue weighted by Gasteiger charge is -2.47. The van der Waals surface area contributed by atoms with E-state index >= 15 is 0 Å². The first-order valence-electron chi connectivity index (χ1n) is 20.8. The maximum atomic E-state index is 14.5. The molecule has 1 aromatic carbocycles. The largest absolute Gasteiger partial charge is 0.459 e. The number of aliphatic hydroxyl groups excluding tert-OH is 1. The van der Waals surface area contributed by atoms with Gasteiger partial charge in [0.15, 0.2) is 18.7 Å². The number of carbonyl (C=O) groups is 3. The zero-order chi connectivity index (χ0) is 43.4. The van der Waals surface area contributed by atoms with E-state index in [9.17, 15) is 24.6 Å². The van der Waals surface area contributed by atoms with Gasteiger partial charge in [0, 0.05) is 42.1 Å². The fraction of sp³-hybridized carbons (Fsp3) is 0.682. The van der Waals surface area contributed by atoms with Crippen molar-refractivity contribution in [3.63, 3.8) is 0 Å². The van der Waals surface area contributed by atoms with Gasteiger partial charge in [-0.05, 0) is 78.4 Å². The van der Waals surface area contributed by atoms with E-state index in [1.165, 1.54) is 20.8 Å². The second-order valence-corrected chi connectivity index (χ2v) is 17.3. The molecule has 0 radical (unpaired) electrons. The SMILES string of the molecule is CC[C@H]1OC(=O)[C@H](C)C(=O)[C@H](C)[C@@H](O[C@@H]2O[C@H](C)C[C@H](N(C)C)[C@H]2O)[C@@]2(C)C[C@@H](C)/C(=N\C(C)=O)[C@H](C)[C@@H](OC/C(=N\OCc3nccc4ccccc34)CO2)[C@]1(C)O. The molecule has 15 heteroatoms. The van der Waals surface area contributed by atoms with Gasteiger partial charge in [0.05, 0.1) is 42.8 Å². The maximum Gasteiger partial charge on any atom is 0.316 e. The van der Waals surface area contributed by atoms with E-state index in [-0.39, 0.29) is 44.8 Å². The minimum Gasteiger partial charge on any atom is -0.459 e. The Labute approximate surface area is 347 Å². The summed E-state index contributed by atoms with van der Waals surface area (Å²) < 4.78 is 32.5. The van der Waals surface area contributed by atoms with Gasteiger partial charge in [0.2, 0.25) is 5.91 Å². The standard InChI is InChI=1S/C44H64N4O11/c1-12-35-44(9,53)40-26(4)36(46-29(7)49)24(2)20-43(8,55-22-31(21-54-40)47-56-23-33-32-16-14-13-15-30(32)17-18-45-33)39(27(5)37(50)28(6)41(52)58-35)59-42-38(51)34(48(10)11)19-25(3)57-42/h13-18,24-28,34-35,38-40,42,51,53H,12,19-23H2,1-11H3/b46-36+,47-31+/t24-,25-,26+,27+,28-,34+,35-,38-,39-,40-,42+,43-,44-/m1/s1. The van der Waals surface area contributed by atoms with E-state index in [0.29, 0.717) is 23.5 Å². The molecule has 3 saturated heterocycles. The third-order valence-electron chi connectivity index (χ3n) is 12.3. The van der Waals surface area contributed by atoms with Crippen LogP contribution in [-0.4, -0.2) is 131 Å². The lowest BCUT2D eigenvalue weighted by Crippen LogP contribution is -2.60. The zero-order valence-electron chi connectivity index (χ0n) is 36.4. The molecule has 326 valence electrons. The van der Waals surface area contributed by atoms with Crippen molar-refractivity contribution in [2.24, 2.45) is 33.8 Å². The van der Waals surface area contributed by atoms with Gasteiger partial charge >= 0.3 is 5.97 Å². The number of cyclic esters (lactones) is 1. The smallest absolute Gasteiger partial charge is 0.316 e. The van der Waals surface area contributed by atoms with Crippen LogP contribution in [0.4, 0.5) is 0 Å². The van der Waals surface area contributed by atoms with Crippen molar-refractivity contribution in [2.75, 3.05) is 27.3 Å². The number of Topliss-reactive ketones (excluding diaryl/α,β-unsaturated/α-hetero) is 1. The van der Waals surface area contributed by atoms with E-state index < -0.39 is 83.2 Å². The topological polar surface area (TPSA) is 188 Å². The van der Waals surface area contributed by atoms with Crippen molar-refractivity contribution in [3.8, 4) is 0 Å². The summed E-state index contributed by atoms with van der Waals surface area (Å²) in [6.45, 7) is 14.8. The quantitative estimate of drug-likeness (QED) is 0.223. The number of ketones is 1. The van der Waals surface area contributed by atoms with Gasteiger partial charge in [-0.2, -0.15) is 0 Å². The maximum absolute atomic E-state index is 14.5. The number of benzene rings is 1. The van der Waals surface area contributed by atoms with Crippen molar-refractivity contribution in [3.05, 3.63) is 42.2 Å². The summed E-state index contributed by atoms with van der Waals surface area (Å²) in [5, 5.41) is 30.5.